The highest BCUT2D eigenvalue weighted by molar-refractivity contribution is 7.99. The number of rotatable bonds is 5. The molecule has 0 aliphatic heterocycles. The summed E-state index contributed by atoms with van der Waals surface area (Å²) in [5.41, 5.74) is 7.21. The zero-order chi connectivity index (χ0) is 14.5. The first kappa shape index (κ1) is 15.6. The number of halogens is 2. The van der Waals surface area contributed by atoms with Crippen molar-refractivity contribution in [3.63, 3.8) is 0 Å². The molecule has 2 atom stereocenters. The molecule has 0 radical (unpaired) electrons. The second-order valence-corrected chi connectivity index (χ2v) is 6.47. The minimum atomic E-state index is 0.00458. The largest absolute Gasteiger partial charge is 0.326 e. The van der Waals surface area contributed by atoms with Crippen LogP contribution in [0.25, 0.3) is 0 Å². The van der Waals surface area contributed by atoms with E-state index in [0.717, 1.165) is 17.0 Å². The van der Waals surface area contributed by atoms with Crippen molar-refractivity contribution in [2.24, 2.45) is 5.73 Å². The van der Waals surface area contributed by atoms with Crippen LogP contribution in [-0.2, 0) is 0 Å². The van der Waals surface area contributed by atoms with Crippen molar-refractivity contribution in [3.8, 4) is 0 Å². The fourth-order valence-corrected chi connectivity index (χ4v) is 3.59. The second kappa shape index (κ2) is 7.32. The highest BCUT2D eigenvalue weighted by atomic mass is 35.5. The Morgan fingerprint density at radius 1 is 1.25 bits per heavy atom. The van der Waals surface area contributed by atoms with Crippen molar-refractivity contribution in [1.82, 2.24) is 4.98 Å². The molecule has 20 heavy (non-hydrogen) atoms. The molecule has 2 rings (SSSR count). The molecule has 5 heteroatoms. The van der Waals surface area contributed by atoms with Gasteiger partial charge in [-0.15, -0.1) is 11.8 Å². The number of aromatic nitrogens is 1. The van der Waals surface area contributed by atoms with Gasteiger partial charge in [0.15, 0.2) is 0 Å². The number of benzene rings is 1. The van der Waals surface area contributed by atoms with Crippen molar-refractivity contribution in [1.29, 1.82) is 0 Å². The fraction of sp³-hybridized carbons (Fsp3) is 0.267. The van der Waals surface area contributed by atoms with E-state index < -0.39 is 0 Å². The molecule has 1 aromatic carbocycles. The fourth-order valence-electron chi connectivity index (χ4n) is 1.83. The summed E-state index contributed by atoms with van der Waals surface area (Å²) < 4.78 is 0. The summed E-state index contributed by atoms with van der Waals surface area (Å²) in [6, 6.07) is 11.3. The van der Waals surface area contributed by atoms with E-state index >= 15 is 0 Å². The van der Waals surface area contributed by atoms with Gasteiger partial charge in [0.05, 0.1) is 16.0 Å². The van der Waals surface area contributed by atoms with Gasteiger partial charge in [-0.3, -0.25) is 4.98 Å². The van der Waals surface area contributed by atoms with Crippen LogP contribution >= 0.6 is 35.0 Å². The van der Waals surface area contributed by atoms with Crippen LogP contribution < -0.4 is 5.73 Å². The lowest BCUT2D eigenvalue weighted by Gasteiger charge is -2.22. The molecule has 2 nitrogen and oxygen atoms in total. The molecule has 106 valence electrons. The van der Waals surface area contributed by atoms with Gasteiger partial charge in [0.1, 0.15) is 0 Å². The van der Waals surface area contributed by atoms with E-state index in [9.17, 15) is 0 Å². The van der Waals surface area contributed by atoms with Gasteiger partial charge >= 0.3 is 0 Å². The maximum absolute atomic E-state index is 6.25. The van der Waals surface area contributed by atoms with Gasteiger partial charge in [0, 0.05) is 22.2 Å². The Hall–Kier alpha value is -0.740. The normalized spacial score (nSPS) is 14.0. The number of hydrogen-bond donors (Lipinski definition) is 1. The molecular weight excluding hydrogens is 311 g/mol. The monoisotopic (exact) mass is 326 g/mol. The smallest absolute Gasteiger partial charge is 0.0668 e. The third kappa shape index (κ3) is 3.89. The lowest BCUT2D eigenvalue weighted by Crippen LogP contribution is -2.26. The minimum absolute atomic E-state index is 0.00458. The van der Waals surface area contributed by atoms with Crippen LogP contribution in [0.1, 0.15) is 24.3 Å². The van der Waals surface area contributed by atoms with Gasteiger partial charge in [-0.25, -0.2) is 0 Å². The molecule has 1 heterocycles. The molecular formula is C15H16Cl2N2S. The molecule has 0 bridgehead atoms. The van der Waals surface area contributed by atoms with Crippen molar-refractivity contribution in [2.75, 3.05) is 0 Å². The molecule has 2 aromatic rings. The second-order valence-electron chi connectivity index (χ2n) is 4.44. The van der Waals surface area contributed by atoms with E-state index in [0.29, 0.717) is 10.0 Å². The van der Waals surface area contributed by atoms with E-state index in [1.54, 1.807) is 30.1 Å². The molecule has 2 unspecified atom stereocenters. The van der Waals surface area contributed by atoms with E-state index in [2.05, 4.69) is 11.9 Å². The number of nitrogens with two attached hydrogens (primary N) is 1. The lowest BCUT2D eigenvalue weighted by atomic mass is 10.1. The van der Waals surface area contributed by atoms with Gasteiger partial charge in [-0.05, 0) is 36.8 Å². The summed E-state index contributed by atoms with van der Waals surface area (Å²) in [6.45, 7) is 2.07. The van der Waals surface area contributed by atoms with Crippen LogP contribution in [0.5, 0.6) is 0 Å². The van der Waals surface area contributed by atoms with Crippen LogP contribution in [0.3, 0.4) is 0 Å². The van der Waals surface area contributed by atoms with Crippen molar-refractivity contribution >= 4 is 35.0 Å². The first-order valence-corrected chi connectivity index (χ1v) is 8.03. The summed E-state index contributed by atoms with van der Waals surface area (Å²) in [6.07, 6.45) is 2.65. The highest BCUT2D eigenvalue weighted by Gasteiger charge is 2.22. The Bertz CT molecular complexity index is 563. The van der Waals surface area contributed by atoms with Crippen LogP contribution in [0.2, 0.25) is 10.0 Å². The quantitative estimate of drug-likeness (QED) is 0.789. The van der Waals surface area contributed by atoms with Gasteiger partial charge in [0.25, 0.3) is 0 Å². The number of pyridine rings is 1. The summed E-state index contributed by atoms with van der Waals surface area (Å²) in [5, 5.41) is 1.41. The first-order valence-electron chi connectivity index (χ1n) is 6.40. The minimum Gasteiger partial charge on any atom is -0.326 e. The Labute approximate surface area is 133 Å². The molecule has 1 aromatic heterocycles. The van der Waals surface area contributed by atoms with Crippen LogP contribution in [0, 0.1) is 0 Å². The highest BCUT2D eigenvalue weighted by Crippen LogP contribution is 2.41. The Morgan fingerprint density at radius 3 is 2.70 bits per heavy atom. The molecule has 0 saturated heterocycles. The van der Waals surface area contributed by atoms with E-state index in [1.165, 1.54) is 0 Å². The SMILES string of the molecule is CCC(N)C(Sc1cc(Cl)ccc1Cl)c1ccccn1. The average molecular weight is 327 g/mol. The van der Waals surface area contributed by atoms with Gasteiger partial charge in [-0.2, -0.15) is 0 Å². The Balaban J connectivity index is 2.31. The maximum Gasteiger partial charge on any atom is 0.0668 e. The predicted molar refractivity (Wildman–Crippen MR) is 87.6 cm³/mol. The number of thioether (sulfide) groups is 1. The zero-order valence-electron chi connectivity index (χ0n) is 11.1. The van der Waals surface area contributed by atoms with Crippen LogP contribution in [-0.4, -0.2) is 11.0 Å². The molecule has 0 amide bonds. The van der Waals surface area contributed by atoms with Crippen molar-refractivity contribution < 1.29 is 0 Å². The summed E-state index contributed by atoms with van der Waals surface area (Å²) in [7, 11) is 0. The maximum atomic E-state index is 6.25. The molecule has 0 spiro atoms. The molecule has 0 aliphatic carbocycles. The van der Waals surface area contributed by atoms with Crippen LogP contribution in [0.4, 0.5) is 0 Å². The third-order valence-electron chi connectivity index (χ3n) is 2.99. The van der Waals surface area contributed by atoms with E-state index in [1.807, 2.05) is 24.3 Å². The molecule has 0 saturated carbocycles. The molecule has 0 aliphatic rings. The standard InChI is InChI=1S/C15H16Cl2N2S/c1-2-12(18)15(13-5-3-4-8-19-13)20-14-9-10(16)6-7-11(14)17/h3-9,12,15H,2,18H2,1H3. The Kier molecular flexibility index (Phi) is 5.73. The summed E-state index contributed by atoms with van der Waals surface area (Å²) in [5.74, 6) is 0. The van der Waals surface area contributed by atoms with Gasteiger partial charge < -0.3 is 5.73 Å². The van der Waals surface area contributed by atoms with E-state index in [-0.39, 0.29) is 11.3 Å². The summed E-state index contributed by atoms with van der Waals surface area (Å²) >= 11 is 13.9. The van der Waals surface area contributed by atoms with Gasteiger partial charge in [-0.1, -0.05) is 36.2 Å². The topological polar surface area (TPSA) is 38.9 Å². The summed E-state index contributed by atoms with van der Waals surface area (Å²) in [4.78, 5) is 5.35. The van der Waals surface area contributed by atoms with Gasteiger partial charge in [0.2, 0.25) is 0 Å². The zero-order valence-corrected chi connectivity index (χ0v) is 13.4. The van der Waals surface area contributed by atoms with Crippen LogP contribution in [0.15, 0.2) is 47.5 Å². The van der Waals surface area contributed by atoms with Crippen molar-refractivity contribution in [2.45, 2.75) is 29.5 Å². The third-order valence-corrected chi connectivity index (χ3v) is 5.10. The Morgan fingerprint density at radius 2 is 2.05 bits per heavy atom. The average Bonchev–Trinajstić information content (AvgIpc) is 2.48. The first-order chi connectivity index (χ1) is 9.61. The van der Waals surface area contributed by atoms with E-state index in [4.69, 9.17) is 28.9 Å². The molecule has 0 fully saturated rings. The number of hydrogen-bond acceptors (Lipinski definition) is 3. The molecule has 2 N–H and O–H groups in total. The predicted octanol–water partition coefficient (Wildman–Crippen LogP) is 4.96. The lowest BCUT2D eigenvalue weighted by molar-refractivity contribution is 0.624. The number of nitrogens with zero attached hydrogens (tertiary/aromatic N) is 1. The van der Waals surface area contributed by atoms with Crippen molar-refractivity contribution in [3.05, 3.63) is 58.3 Å².